The number of amides is 2. The molecule has 0 unspecified atom stereocenters. The van der Waals surface area contributed by atoms with Crippen LogP contribution in [0.2, 0.25) is 0 Å². The monoisotopic (exact) mass is 541 g/mol. The summed E-state index contributed by atoms with van der Waals surface area (Å²) in [6.45, 7) is 0. The summed E-state index contributed by atoms with van der Waals surface area (Å²) in [6, 6.07) is 9.40. The number of aromatic nitrogens is 2. The number of phenols is 1. The highest BCUT2D eigenvalue weighted by Gasteiger charge is 2.34. The fourth-order valence-corrected chi connectivity index (χ4v) is 4.70. The van der Waals surface area contributed by atoms with E-state index >= 15 is 0 Å². The lowest BCUT2D eigenvalue weighted by Crippen LogP contribution is -2.29. The molecule has 14 heteroatoms. The average Bonchev–Trinajstić information content (AvgIpc) is 3.21. The van der Waals surface area contributed by atoms with Gasteiger partial charge in [0.15, 0.2) is 5.17 Å². The van der Waals surface area contributed by atoms with Gasteiger partial charge in [0.05, 0.1) is 19.9 Å². The van der Waals surface area contributed by atoms with E-state index in [0.717, 1.165) is 11.8 Å². The Bertz CT molecular complexity index is 1520. The summed E-state index contributed by atoms with van der Waals surface area (Å²) in [4.78, 5) is 58.0. The lowest BCUT2D eigenvalue weighted by atomic mass is 10.0. The summed E-state index contributed by atoms with van der Waals surface area (Å²) in [5, 5.41) is 24.5. The van der Waals surface area contributed by atoms with Crippen LogP contribution in [0.4, 0.5) is 5.69 Å². The molecule has 0 radical (unpaired) electrons. The number of hydrogen-bond acceptors (Lipinski definition) is 10. The van der Waals surface area contributed by atoms with Gasteiger partial charge in [0, 0.05) is 12.5 Å². The van der Waals surface area contributed by atoms with Gasteiger partial charge < -0.3 is 30.3 Å². The van der Waals surface area contributed by atoms with Crippen molar-refractivity contribution in [3.8, 4) is 23.1 Å². The molecule has 38 heavy (non-hydrogen) atoms. The van der Waals surface area contributed by atoms with Crippen LogP contribution in [0.5, 0.6) is 23.1 Å². The Hall–Kier alpha value is -4.72. The number of aliphatic imine (C=N–C) groups is 1. The van der Waals surface area contributed by atoms with Crippen LogP contribution in [0.25, 0.3) is 0 Å². The molecule has 2 amide bonds. The van der Waals surface area contributed by atoms with E-state index in [1.165, 1.54) is 38.5 Å². The lowest BCUT2D eigenvalue weighted by molar-refractivity contribution is -0.122. The molecule has 3 aromatic rings. The van der Waals surface area contributed by atoms with Gasteiger partial charge in [0.25, 0.3) is 5.56 Å². The zero-order chi connectivity index (χ0) is 27.4. The predicted octanol–water partition coefficient (Wildman–Crippen LogP) is 1.20. The number of amidine groups is 1. The number of nitrogens with zero attached hydrogens (tertiary/aromatic N) is 1. The van der Waals surface area contributed by atoms with Crippen molar-refractivity contribution in [2.45, 2.75) is 17.7 Å². The second-order valence-corrected chi connectivity index (χ2v) is 9.20. The smallest absolute Gasteiger partial charge is 0.328 e. The molecule has 4 rings (SSSR count). The van der Waals surface area contributed by atoms with Crippen molar-refractivity contribution in [1.82, 2.24) is 15.3 Å². The first kappa shape index (κ1) is 26.3. The Morgan fingerprint density at radius 3 is 2.47 bits per heavy atom. The first-order valence-electron chi connectivity index (χ1n) is 11.1. The molecule has 1 saturated heterocycles. The minimum absolute atomic E-state index is 0.0398. The third-order valence-corrected chi connectivity index (χ3v) is 6.61. The number of aromatic hydroxyl groups is 2. The van der Waals surface area contributed by atoms with Crippen LogP contribution >= 0.6 is 11.8 Å². The summed E-state index contributed by atoms with van der Waals surface area (Å²) < 4.78 is 10.4. The number of carbonyl (C=O) groups excluding carboxylic acids is 2. The summed E-state index contributed by atoms with van der Waals surface area (Å²) >= 11 is 0.968. The zero-order valence-electron chi connectivity index (χ0n) is 20.1. The maximum absolute atomic E-state index is 12.7. The normalized spacial score (nSPS) is 16.6. The van der Waals surface area contributed by atoms with Gasteiger partial charge in [-0.05, 0) is 29.8 Å². The van der Waals surface area contributed by atoms with Crippen LogP contribution in [0.3, 0.4) is 0 Å². The van der Waals surface area contributed by atoms with Crippen molar-refractivity contribution in [2.75, 3.05) is 19.5 Å². The van der Waals surface area contributed by atoms with Crippen molar-refractivity contribution in [1.29, 1.82) is 0 Å². The maximum atomic E-state index is 12.7. The number of hydrogen-bond donors (Lipinski definition) is 6. The minimum Gasteiger partial charge on any atom is -0.508 e. The van der Waals surface area contributed by atoms with E-state index in [1.54, 1.807) is 18.2 Å². The second-order valence-electron chi connectivity index (χ2n) is 8.01. The summed E-state index contributed by atoms with van der Waals surface area (Å²) in [5.74, 6) is -0.765. The van der Waals surface area contributed by atoms with Gasteiger partial charge in [-0.15, -0.1) is 0 Å². The third-order valence-electron chi connectivity index (χ3n) is 5.52. The maximum Gasteiger partial charge on any atom is 0.328 e. The van der Waals surface area contributed by atoms with E-state index in [9.17, 15) is 29.4 Å². The van der Waals surface area contributed by atoms with Gasteiger partial charge in [-0.3, -0.25) is 24.4 Å². The quantitative estimate of drug-likeness (QED) is 0.243. The molecule has 0 aliphatic carbocycles. The van der Waals surface area contributed by atoms with Crippen LogP contribution in [0, 0.1) is 0 Å². The standard InChI is InChI=1S/C24H23N5O8S/c1-36-13-7-8-15(37-2)14(9-13)25-17(31)10-16-20(32)29-24(38-16)26-19(11-3-5-12(30)6-4-11)18-21(33)27-23(35)28-22(18)34/h3-9,16,19,30H,10H2,1-2H3,(H,25,31)(H,26,29,32)(H3,27,28,33,34,35)/t16-,19+/m0/s1. The number of methoxy groups -OCH3 is 2. The van der Waals surface area contributed by atoms with Gasteiger partial charge >= 0.3 is 5.69 Å². The van der Waals surface area contributed by atoms with E-state index in [4.69, 9.17) is 9.47 Å². The molecule has 1 aromatic heterocycles. The summed E-state index contributed by atoms with van der Waals surface area (Å²) in [5.41, 5.74) is -1.32. The number of H-pyrrole nitrogens is 2. The number of rotatable bonds is 8. The van der Waals surface area contributed by atoms with Crippen LogP contribution in [-0.4, -0.2) is 56.6 Å². The molecule has 1 aliphatic rings. The van der Waals surface area contributed by atoms with Crippen LogP contribution in [0.15, 0.2) is 57.0 Å². The first-order valence-corrected chi connectivity index (χ1v) is 12.0. The topological polar surface area (TPSA) is 195 Å². The Labute approximate surface area is 218 Å². The Morgan fingerprint density at radius 2 is 1.82 bits per heavy atom. The SMILES string of the molecule is COc1ccc(OC)c(NC(=O)C[C@@H]2SC(=N[C@H](c3ccc(O)cc3)c3c(O)[nH]c(=O)[nH]c3=O)NC2=O)c1. The van der Waals surface area contributed by atoms with Gasteiger partial charge in [-0.1, -0.05) is 23.9 Å². The number of benzene rings is 2. The van der Waals surface area contributed by atoms with Crippen LogP contribution < -0.4 is 31.4 Å². The molecular formula is C24H23N5O8S. The highest BCUT2D eigenvalue weighted by Crippen LogP contribution is 2.33. The molecule has 13 nitrogen and oxygen atoms in total. The van der Waals surface area contributed by atoms with Gasteiger partial charge in [-0.25, -0.2) is 9.79 Å². The average molecular weight is 542 g/mol. The van der Waals surface area contributed by atoms with Crippen molar-refractivity contribution in [3.63, 3.8) is 0 Å². The molecule has 2 atom stereocenters. The Kier molecular flexibility index (Phi) is 7.71. The van der Waals surface area contributed by atoms with E-state index in [0.29, 0.717) is 22.7 Å². The van der Waals surface area contributed by atoms with Crippen molar-refractivity contribution >= 4 is 34.4 Å². The van der Waals surface area contributed by atoms with Crippen molar-refractivity contribution in [2.24, 2.45) is 4.99 Å². The van der Waals surface area contributed by atoms with Crippen molar-refractivity contribution < 1.29 is 29.3 Å². The van der Waals surface area contributed by atoms with Crippen LogP contribution in [-0.2, 0) is 9.59 Å². The molecule has 6 N–H and O–H groups in total. The van der Waals surface area contributed by atoms with E-state index < -0.39 is 40.2 Å². The number of phenolic OH excluding ortho intramolecular Hbond substituents is 1. The number of anilines is 1. The second kappa shape index (κ2) is 11.1. The Morgan fingerprint density at radius 1 is 1.08 bits per heavy atom. The molecule has 0 spiro atoms. The number of carbonyl (C=O) groups is 2. The highest BCUT2D eigenvalue weighted by molar-refractivity contribution is 8.15. The number of nitrogens with one attached hydrogen (secondary N) is 4. The fourth-order valence-electron chi connectivity index (χ4n) is 3.70. The number of aromatic amines is 2. The molecule has 0 bridgehead atoms. The minimum atomic E-state index is -1.16. The fraction of sp³-hybridized carbons (Fsp3) is 0.208. The number of thioether (sulfide) groups is 1. The molecule has 198 valence electrons. The molecule has 2 heterocycles. The molecular weight excluding hydrogens is 518 g/mol. The molecule has 1 fully saturated rings. The van der Waals surface area contributed by atoms with Crippen molar-refractivity contribution in [3.05, 3.63) is 74.4 Å². The molecule has 0 saturated carbocycles. The molecule has 1 aliphatic heterocycles. The van der Waals surface area contributed by atoms with Gasteiger partial charge in [0.1, 0.15) is 34.1 Å². The third kappa shape index (κ3) is 5.81. The largest absolute Gasteiger partial charge is 0.508 e. The van der Waals surface area contributed by atoms with E-state index in [1.807, 2.05) is 4.98 Å². The summed E-state index contributed by atoms with van der Waals surface area (Å²) in [7, 11) is 2.94. The van der Waals surface area contributed by atoms with Crippen LogP contribution in [0.1, 0.15) is 23.6 Å². The number of ether oxygens (including phenoxy) is 2. The highest BCUT2D eigenvalue weighted by atomic mass is 32.2. The molecule has 2 aromatic carbocycles. The zero-order valence-corrected chi connectivity index (χ0v) is 20.9. The Balaban J connectivity index is 1.58. The van der Waals surface area contributed by atoms with Gasteiger partial charge in [0.2, 0.25) is 17.7 Å². The van der Waals surface area contributed by atoms with Gasteiger partial charge in [-0.2, -0.15) is 0 Å². The van der Waals surface area contributed by atoms with E-state index in [2.05, 4.69) is 20.6 Å². The first-order chi connectivity index (χ1) is 18.2. The predicted molar refractivity (Wildman–Crippen MR) is 139 cm³/mol. The summed E-state index contributed by atoms with van der Waals surface area (Å²) in [6.07, 6.45) is -0.204. The van der Waals surface area contributed by atoms with E-state index in [-0.39, 0.29) is 22.9 Å². The lowest BCUT2D eigenvalue weighted by Gasteiger charge is -2.14.